The summed E-state index contributed by atoms with van der Waals surface area (Å²) in [7, 11) is 0. The summed E-state index contributed by atoms with van der Waals surface area (Å²) < 4.78 is 14.1. The Morgan fingerprint density at radius 1 is 1.35 bits per heavy atom. The van der Waals surface area contributed by atoms with Gasteiger partial charge in [0.15, 0.2) is 0 Å². The quantitative estimate of drug-likeness (QED) is 0.672. The van der Waals surface area contributed by atoms with Gasteiger partial charge in [-0.3, -0.25) is 5.84 Å². The van der Waals surface area contributed by atoms with Crippen molar-refractivity contribution >= 4 is 27.3 Å². The first-order valence-electron chi connectivity index (χ1n) is 5.08. The molecule has 2 aromatic rings. The van der Waals surface area contributed by atoms with Crippen LogP contribution in [-0.2, 0) is 0 Å². The maximum Gasteiger partial charge on any atom is 0.124 e. The van der Waals surface area contributed by atoms with Crippen molar-refractivity contribution in [2.75, 3.05) is 0 Å². The summed E-state index contributed by atoms with van der Waals surface area (Å²) in [6.07, 6.45) is 0. The van der Waals surface area contributed by atoms with Crippen LogP contribution in [-0.4, -0.2) is 0 Å². The number of hydrazine groups is 1. The van der Waals surface area contributed by atoms with Crippen molar-refractivity contribution in [2.45, 2.75) is 13.0 Å². The zero-order valence-corrected chi connectivity index (χ0v) is 11.6. The monoisotopic (exact) mass is 314 g/mol. The Labute approximate surface area is 112 Å². The van der Waals surface area contributed by atoms with Gasteiger partial charge in [0.25, 0.3) is 0 Å². The molecule has 0 amide bonds. The molecule has 2 nitrogen and oxygen atoms in total. The maximum absolute atomic E-state index is 13.4. The van der Waals surface area contributed by atoms with Crippen molar-refractivity contribution in [3.8, 4) is 0 Å². The first-order chi connectivity index (χ1) is 8.10. The molecule has 1 aromatic heterocycles. The molecule has 3 N–H and O–H groups in total. The normalized spacial score (nSPS) is 12.7. The van der Waals surface area contributed by atoms with Gasteiger partial charge in [0, 0.05) is 14.2 Å². The van der Waals surface area contributed by atoms with Crippen molar-refractivity contribution in [1.29, 1.82) is 0 Å². The number of hydrogen-bond acceptors (Lipinski definition) is 3. The Bertz CT molecular complexity index is 507. The van der Waals surface area contributed by atoms with Gasteiger partial charge in [-0.1, -0.05) is 15.9 Å². The van der Waals surface area contributed by atoms with Gasteiger partial charge in [0.1, 0.15) is 5.82 Å². The van der Waals surface area contributed by atoms with E-state index in [1.807, 2.05) is 25.1 Å². The Morgan fingerprint density at radius 2 is 2.12 bits per heavy atom. The van der Waals surface area contributed by atoms with E-state index in [0.29, 0.717) is 4.47 Å². The smallest absolute Gasteiger partial charge is 0.124 e. The van der Waals surface area contributed by atoms with E-state index >= 15 is 0 Å². The number of benzene rings is 1. The Morgan fingerprint density at radius 3 is 2.65 bits per heavy atom. The van der Waals surface area contributed by atoms with E-state index in [9.17, 15) is 4.39 Å². The third kappa shape index (κ3) is 2.93. The van der Waals surface area contributed by atoms with Crippen LogP contribution in [0.1, 0.15) is 21.4 Å². The highest BCUT2D eigenvalue weighted by Gasteiger charge is 2.15. The molecular weight excluding hydrogens is 303 g/mol. The third-order valence-corrected chi connectivity index (χ3v) is 3.95. The molecule has 5 heteroatoms. The van der Waals surface area contributed by atoms with E-state index in [0.717, 1.165) is 10.4 Å². The highest BCUT2D eigenvalue weighted by atomic mass is 79.9. The number of rotatable bonds is 3. The zero-order valence-electron chi connectivity index (χ0n) is 9.21. The summed E-state index contributed by atoms with van der Waals surface area (Å²) in [6.45, 7) is 2.03. The van der Waals surface area contributed by atoms with Gasteiger partial charge in [-0.15, -0.1) is 11.3 Å². The zero-order chi connectivity index (χ0) is 12.4. The van der Waals surface area contributed by atoms with E-state index < -0.39 is 0 Å². The topological polar surface area (TPSA) is 38.0 Å². The van der Waals surface area contributed by atoms with Crippen molar-refractivity contribution in [3.63, 3.8) is 0 Å². The number of aryl methyl sites for hydroxylation is 1. The lowest BCUT2D eigenvalue weighted by Gasteiger charge is -2.15. The summed E-state index contributed by atoms with van der Waals surface area (Å²) in [5.74, 6) is 5.29. The SMILES string of the molecule is Cc1ccc(C(NN)c2cc(F)cc(Br)c2)s1. The molecule has 0 radical (unpaired) electrons. The van der Waals surface area contributed by atoms with E-state index in [-0.39, 0.29) is 11.9 Å². The lowest BCUT2D eigenvalue weighted by molar-refractivity contribution is 0.607. The Kier molecular flexibility index (Phi) is 3.93. The number of halogens is 2. The summed E-state index contributed by atoms with van der Waals surface area (Å²) in [4.78, 5) is 2.28. The number of nitrogens with one attached hydrogen (secondary N) is 1. The van der Waals surface area contributed by atoms with E-state index in [1.54, 1.807) is 11.3 Å². The van der Waals surface area contributed by atoms with Gasteiger partial charge in [-0.25, -0.2) is 9.82 Å². The second-order valence-corrected chi connectivity index (χ2v) is 5.99. The third-order valence-electron chi connectivity index (χ3n) is 2.43. The highest BCUT2D eigenvalue weighted by molar-refractivity contribution is 9.10. The van der Waals surface area contributed by atoms with E-state index in [1.165, 1.54) is 17.0 Å². The average Bonchev–Trinajstić information content (AvgIpc) is 2.64. The molecule has 0 saturated heterocycles. The summed E-state index contributed by atoms with van der Waals surface area (Å²) in [5, 5.41) is 0. The van der Waals surface area contributed by atoms with Crippen molar-refractivity contribution in [1.82, 2.24) is 5.43 Å². The van der Waals surface area contributed by atoms with Crippen LogP contribution in [0.3, 0.4) is 0 Å². The standard InChI is InChI=1S/C12H12BrFN2S/c1-7-2-3-11(17-7)12(16-15)8-4-9(13)6-10(14)5-8/h2-6,12,16H,15H2,1H3. The van der Waals surface area contributed by atoms with Gasteiger partial charge in [0.05, 0.1) is 6.04 Å². The fourth-order valence-electron chi connectivity index (χ4n) is 1.69. The van der Waals surface area contributed by atoms with Crippen molar-refractivity contribution in [2.24, 2.45) is 5.84 Å². The lowest BCUT2D eigenvalue weighted by atomic mass is 10.1. The lowest BCUT2D eigenvalue weighted by Crippen LogP contribution is -2.28. The molecule has 1 heterocycles. The molecule has 0 aliphatic carbocycles. The predicted octanol–water partition coefficient (Wildman–Crippen LogP) is 3.51. The fraction of sp³-hybridized carbons (Fsp3) is 0.167. The minimum Gasteiger partial charge on any atom is -0.271 e. The molecule has 1 atom stereocenters. The first-order valence-corrected chi connectivity index (χ1v) is 6.69. The minimum atomic E-state index is -0.275. The largest absolute Gasteiger partial charge is 0.271 e. The molecule has 90 valence electrons. The van der Waals surface area contributed by atoms with Crippen LogP contribution in [0, 0.1) is 12.7 Å². The number of hydrogen-bond donors (Lipinski definition) is 2. The van der Waals surface area contributed by atoms with Crippen LogP contribution >= 0.6 is 27.3 Å². The highest BCUT2D eigenvalue weighted by Crippen LogP contribution is 2.29. The van der Waals surface area contributed by atoms with E-state index in [4.69, 9.17) is 5.84 Å². The van der Waals surface area contributed by atoms with Gasteiger partial charge >= 0.3 is 0 Å². The Hall–Kier alpha value is -0.750. The predicted molar refractivity (Wildman–Crippen MR) is 72.3 cm³/mol. The van der Waals surface area contributed by atoms with Crippen LogP contribution in [0.5, 0.6) is 0 Å². The molecule has 0 saturated carbocycles. The van der Waals surface area contributed by atoms with Crippen LogP contribution in [0.4, 0.5) is 4.39 Å². The molecule has 1 unspecified atom stereocenters. The van der Waals surface area contributed by atoms with Crippen LogP contribution in [0.2, 0.25) is 0 Å². The van der Waals surface area contributed by atoms with Crippen molar-refractivity contribution in [3.05, 3.63) is 55.9 Å². The van der Waals surface area contributed by atoms with Crippen molar-refractivity contribution < 1.29 is 4.39 Å². The molecule has 0 spiro atoms. The summed E-state index contributed by atoms with van der Waals surface area (Å²) in [6, 6.07) is 8.63. The van der Waals surface area contributed by atoms with Crippen LogP contribution in [0.25, 0.3) is 0 Å². The van der Waals surface area contributed by atoms with E-state index in [2.05, 4.69) is 21.4 Å². The molecular formula is C12H12BrFN2S. The molecule has 0 fully saturated rings. The fourth-order valence-corrected chi connectivity index (χ4v) is 3.14. The van der Waals surface area contributed by atoms with Crippen LogP contribution < -0.4 is 11.3 Å². The molecule has 1 aromatic carbocycles. The summed E-state index contributed by atoms with van der Waals surface area (Å²) >= 11 is 4.93. The minimum absolute atomic E-state index is 0.180. The molecule has 0 aliphatic heterocycles. The molecule has 17 heavy (non-hydrogen) atoms. The molecule has 0 aliphatic rings. The summed E-state index contributed by atoms with van der Waals surface area (Å²) in [5.41, 5.74) is 3.53. The van der Waals surface area contributed by atoms with Crippen LogP contribution in [0.15, 0.2) is 34.8 Å². The maximum atomic E-state index is 13.4. The second kappa shape index (κ2) is 5.27. The molecule has 2 rings (SSSR count). The van der Waals surface area contributed by atoms with Gasteiger partial charge in [0.2, 0.25) is 0 Å². The number of thiophene rings is 1. The molecule has 0 bridgehead atoms. The van der Waals surface area contributed by atoms with Gasteiger partial charge in [-0.2, -0.15) is 0 Å². The van der Waals surface area contributed by atoms with Gasteiger partial charge in [-0.05, 0) is 42.8 Å². The Balaban J connectivity index is 2.41. The average molecular weight is 315 g/mol. The second-order valence-electron chi connectivity index (χ2n) is 3.75. The van der Waals surface area contributed by atoms with Gasteiger partial charge < -0.3 is 0 Å². The number of nitrogens with two attached hydrogens (primary N) is 1. The first kappa shape index (κ1) is 12.7.